The van der Waals surface area contributed by atoms with Crippen LogP contribution in [0.3, 0.4) is 0 Å². The minimum Gasteiger partial charge on any atom is -0.371 e. The van der Waals surface area contributed by atoms with E-state index in [2.05, 4.69) is 21.2 Å². The van der Waals surface area contributed by atoms with Crippen LogP contribution >= 0.6 is 11.6 Å². The van der Waals surface area contributed by atoms with Crippen LogP contribution in [0.4, 0.5) is 5.82 Å². The number of aromatic nitrogens is 2. The number of ether oxygens (including phenoxy) is 1. The van der Waals surface area contributed by atoms with Crippen LogP contribution in [0.2, 0.25) is 5.15 Å². The molecule has 2 unspecified atom stereocenters. The normalized spacial score (nSPS) is 26.1. The third-order valence-corrected chi connectivity index (χ3v) is 4.25. The lowest BCUT2D eigenvalue weighted by atomic mass is 10.1. The van der Waals surface area contributed by atoms with Gasteiger partial charge in [-0.2, -0.15) is 0 Å². The van der Waals surface area contributed by atoms with Crippen LogP contribution in [0.5, 0.6) is 0 Å². The zero-order chi connectivity index (χ0) is 12.8. The van der Waals surface area contributed by atoms with Crippen molar-refractivity contribution in [2.75, 3.05) is 18.0 Å². The van der Waals surface area contributed by atoms with Crippen molar-refractivity contribution in [1.29, 1.82) is 0 Å². The molecule has 5 heteroatoms. The lowest BCUT2D eigenvalue weighted by molar-refractivity contribution is 0.0303. The summed E-state index contributed by atoms with van der Waals surface area (Å²) in [6, 6.07) is 8.04. The molecule has 4 rings (SSSR count). The van der Waals surface area contributed by atoms with Crippen molar-refractivity contribution in [1.82, 2.24) is 10.2 Å². The van der Waals surface area contributed by atoms with Gasteiger partial charge in [-0.1, -0.05) is 35.9 Å². The standard InChI is InChI=1S/C14H14ClN3O/c15-13-11-3-1-2-4-12(11)14(17-16-13)18-7-9-5-6-10(8-18)19-9/h1-4,9-10H,5-8H2. The molecule has 98 valence electrons. The molecule has 2 aliphatic heterocycles. The van der Waals surface area contributed by atoms with E-state index in [9.17, 15) is 0 Å². The second kappa shape index (κ2) is 4.32. The third-order valence-electron chi connectivity index (χ3n) is 3.97. The van der Waals surface area contributed by atoms with Gasteiger partial charge in [-0.25, -0.2) is 0 Å². The van der Waals surface area contributed by atoms with Crippen LogP contribution in [0, 0.1) is 0 Å². The maximum absolute atomic E-state index is 6.12. The first-order chi connectivity index (χ1) is 9.31. The van der Waals surface area contributed by atoms with Crippen LogP contribution < -0.4 is 4.90 Å². The highest BCUT2D eigenvalue weighted by Gasteiger charge is 2.34. The van der Waals surface area contributed by atoms with E-state index in [0.29, 0.717) is 17.4 Å². The summed E-state index contributed by atoms with van der Waals surface area (Å²) in [6.45, 7) is 1.80. The molecule has 0 amide bonds. The Hall–Kier alpha value is -1.39. The third kappa shape index (κ3) is 1.86. The molecule has 0 radical (unpaired) electrons. The Bertz CT molecular complexity index is 621. The Morgan fingerprint density at radius 2 is 1.74 bits per heavy atom. The number of anilines is 1. The zero-order valence-electron chi connectivity index (χ0n) is 10.4. The first-order valence-corrected chi connectivity index (χ1v) is 7.00. The molecule has 0 aliphatic carbocycles. The number of fused-ring (bicyclic) bond motifs is 3. The highest BCUT2D eigenvalue weighted by Crippen LogP contribution is 2.33. The molecule has 2 aromatic rings. The van der Waals surface area contributed by atoms with E-state index in [4.69, 9.17) is 16.3 Å². The maximum atomic E-state index is 6.12. The van der Waals surface area contributed by atoms with E-state index >= 15 is 0 Å². The topological polar surface area (TPSA) is 38.2 Å². The second-order valence-electron chi connectivity index (χ2n) is 5.22. The quantitative estimate of drug-likeness (QED) is 0.802. The van der Waals surface area contributed by atoms with Gasteiger partial charge >= 0.3 is 0 Å². The summed E-state index contributed by atoms with van der Waals surface area (Å²) in [5.74, 6) is 0.931. The van der Waals surface area contributed by atoms with Crippen molar-refractivity contribution in [3.8, 4) is 0 Å². The van der Waals surface area contributed by atoms with E-state index in [0.717, 1.165) is 42.5 Å². The van der Waals surface area contributed by atoms with E-state index in [1.165, 1.54) is 0 Å². The first kappa shape index (κ1) is 11.4. The molecule has 0 saturated carbocycles. The second-order valence-corrected chi connectivity index (χ2v) is 5.58. The number of halogens is 1. The van der Waals surface area contributed by atoms with Crippen molar-refractivity contribution in [3.63, 3.8) is 0 Å². The molecule has 2 bridgehead atoms. The lowest BCUT2D eigenvalue weighted by Gasteiger charge is -2.33. The molecule has 3 heterocycles. The summed E-state index contributed by atoms with van der Waals surface area (Å²) in [7, 11) is 0. The molecule has 19 heavy (non-hydrogen) atoms. The molecule has 0 spiro atoms. The van der Waals surface area contributed by atoms with Gasteiger partial charge < -0.3 is 9.64 Å². The van der Waals surface area contributed by atoms with Crippen LogP contribution in [0.1, 0.15) is 12.8 Å². The summed E-state index contributed by atoms with van der Waals surface area (Å²) in [4.78, 5) is 2.29. The summed E-state index contributed by atoms with van der Waals surface area (Å²) < 4.78 is 5.87. The zero-order valence-corrected chi connectivity index (χ0v) is 11.2. The van der Waals surface area contributed by atoms with Gasteiger partial charge in [0.15, 0.2) is 11.0 Å². The molecule has 4 nitrogen and oxygen atoms in total. The highest BCUT2D eigenvalue weighted by molar-refractivity contribution is 6.34. The number of hydrogen-bond acceptors (Lipinski definition) is 4. The number of benzene rings is 1. The van der Waals surface area contributed by atoms with E-state index in [-0.39, 0.29) is 0 Å². The highest BCUT2D eigenvalue weighted by atomic mass is 35.5. The SMILES string of the molecule is Clc1nnc(N2CC3CCC(C2)O3)c2ccccc12. The Morgan fingerprint density at radius 1 is 1.05 bits per heavy atom. The number of nitrogens with zero attached hydrogens (tertiary/aromatic N) is 3. The minimum absolute atomic E-state index is 0.343. The molecule has 2 saturated heterocycles. The van der Waals surface area contributed by atoms with Crippen LogP contribution in [0.15, 0.2) is 24.3 Å². The predicted octanol–water partition coefficient (Wildman–Crippen LogP) is 2.65. The van der Waals surface area contributed by atoms with Crippen molar-refractivity contribution >= 4 is 28.2 Å². The Balaban J connectivity index is 1.81. The molecular formula is C14H14ClN3O. The van der Waals surface area contributed by atoms with Gasteiger partial charge in [-0.05, 0) is 12.8 Å². The molecule has 2 fully saturated rings. The van der Waals surface area contributed by atoms with E-state index < -0.39 is 0 Å². The fourth-order valence-corrected chi connectivity index (χ4v) is 3.28. The Labute approximate surface area is 116 Å². The number of morpholine rings is 1. The van der Waals surface area contributed by atoms with Crippen molar-refractivity contribution in [3.05, 3.63) is 29.4 Å². The average molecular weight is 276 g/mol. The smallest absolute Gasteiger partial charge is 0.159 e. The lowest BCUT2D eigenvalue weighted by Crippen LogP contribution is -2.43. The van der Waals surface area contributed by atoms with E-state index in [1.54, 1.807) is 0 Å². The first-order valence-electron chi connectivity index (χ1n) is 6.62. The van der Waals surface area contributed by atoms with Crippen molar-refractivity contribution in [2.24, 2.45) is 0 Å². The van der Waals surface area contributed by atoms with Gasteiger partial charge in [-0.3, -0.25) is 0 Å². The van der Waals surface area contributed by atoms with Gasteiger partial charge in [0.25, 0.3) is 0 Å². The fourth-order valence-electron chi connectivity index (χ4n) is 3.08. The Morgan fingerprint density at radius 3 is 2.47 bits per heavy atom. The maximum Gasteiger partial charge on any atom is 0.159 e. The summed E-state index contributed by atoms with van der Waals surface area (Å²) in [5, 5.41) is 10.9. The van der Waals surface area contributed by atoms with Crippen molar-refractivity contribution < 1.29 is 4.74 Å². The van der Waals surface area contributed by atoms with Gasteiger partial charge in [-0.15, -0.1) is 10.2 Å². The summed E-state index contributed by atoms with van der Waals surface area (Å²) in [5.41, 5.74) is 0. The van der Waals surface area contributed by atoms with E-state index in [1.807, 2.05) is 18.2 Å². The average Bonchev–Trinajstić information content (AvgIpc) is 2.78. The molecular weight excluding hydrogens is 262 g/mol. The molecule has 1 aromatic heterocycles. The van der Waals surface area contributed by atoms with Crippen LogP contribution in [-0.4, -0.2) is 35.5 Å². The van der Waals surface area contributed by atoms with Crippen molar-refractivity contribution in [2.45, 2.75) is 25.0 Å². The van der Waals surface area contributed by atoms with Gasteiger partial charge in [0.2, 0.25) is 0 Å². The summed E-state index contributed by atoms with van der Waals surface area (Å²) in [6.07, 6.45) is 2.99. The number of rotatable bonds is 1. The van der Waals surface area contributed by atoms with Gasteiger partial charge in [0.05, 0.1) is 12.2 Å². The monoisotopic (exact) mass is 275 g/mol. The van der Waals surface area contributed by atoms with Crippen LogP contribution in [-0.2, 0) is 4.74 Å². The molecule has 1 aromatic carbocycles. The predicted molar refractivity (Wildman–Crippen MR) is 74.7 cm³/mol. The largest absolute Gasteiger partial charge is 0.371 e. The van der Waals surface area contributed by atoms with Gasteiger partial charge in [0, 0.05) is 23.9 Å². The minimum atomic E-state index is 0.343. The summed E-state index contributed by atoms with van der Waals surface area (Å²) >= 11 is 6.12. The fraction of sp³-hybridized carbons (Fsp3) is 0.429. The Kier molecular flexibility index (Phi) is 2.60. The van der Waals surface area contributed by atoms with Gasteiger partial charge in [0.1, 0.15) is 0 Å². The molecule has 2 aliphatic rings. The number of hydrogen-bond donors (Lipinski definition) is 0. The molecule has 0 N–H and O–H groups in total. The molecule has 2 atom stereocenters. The van der Waals surface area contributed by atoms with Crippen LogP contribution in [0.25, 0.3) is 10.8 Å².